The number of benzene rings is 3. The highest BCUT2D eigenvalue weighted by atomic mass is 32.2. The van der Waals surface area contributed by atoms with Crippen molar-refractivity contribution in [3.05, 3.63) is 83.9 Å². The van der Waals surface area contributed by atoms with Crippen molar-refractivity contribution in [1.29, 1.82) is 0 Å². The summed E-state index contributed by atoms with van der Waals surface area (Å²) in [4.78, 5) is 24.5. The number of ether oxygens (including phenoxy) is 3. The topological polar surface area (TPSA) is 120 Å². The van der Waals surface area contributed by atoms with Gasteiger partial charge in [-0.05, 0) is 35.9 Å². The van der Waals surface area contributed by atoms with Crippen LogP contribution in [0, 0.1) is 0 Å². The van der Waals surface area contributed by atoms with Gasteiger partial charge in [0.15, 0.2) is 18.1 Å². The lowest BCUT2D eigenvalue weighted by atomic mass is 10.2. The van der Waals surface area contributed by atoms with Crippen molar-refractivity contribution in [3.63, 3.8) is 0 Å². The molecule has 0 aromatic heterocycles. The largest absolute Gasteiger partial charge is 0.486 e. The lowest BCUT2D eigenvalue weighted by molar-refractivity contribution is -0.119. The van der Waals surface area contributed by atoms with Crippen molar-refractivity contribution in [2.75, 3.05) is 25.1 Å². The molecule has 176 valence electrons. The number of hydrogen-bond donors (Lipinski definition) is 2. The Bertz CT molecular complexity index is 1290. The van der Waals surface area contributed by atoms with Gasteiger partial charge in [0.2, 0.25) is 10.0 Å². The minimum atomic E-state index is -3.85. The molecule has 0 saturated carbocycles. The van der Waals surface area contributed by atoms with Crippen LogP contribution in [0.25, 0.3) is 0 Å². The van der Waals surface area contributed by atoms with Gasteiger partial charge in [0.1, 0.15) is 13.2 Å². The highest BCUT2D eigenvalue weighted by molar-refractivity contribution is 7.89. The van der Waals surface area contributed by atoms with Crippen LogP contribution >= 0.6 is 0 Å². The molecule has 0 fully saturated rings. The minimum Gasteiger partial charge on any atom is -0.486 e. The Kier molecular flexibility index (Phi) is 7.09. The summed E-state index contributed by atoms with van der Waals surface area (Å²) in [6.45, 7) is 0.438. The van der Waals surface area contributed by atoms with E-state index in [1.54, 1.807) is 30.3 Å². The number of anilines is 1. The van der Waals surface area contributed by atoms with Gasteiger partial charge in [-0.15, -0.1) is 0 Å². The molecule has 0 unspecified atom stereocenters. The van der Waals surface area contributed by atoms with Crippen molar-refractivity contribution >= 4 is 27.6 Å². The standard InChI is InChI=1S/C24H22N2O7S/c27-23(26-19-9-10-21-22(14-19)32-12-11-31-21)16-33-24(28)18-7-4-8-20(13-18)34(29,30)25-15-17-5-2-1-3-6-17/h1-10,13-14,25H,11-12,15-16H2,(H,26,27). The molecule has 0 radical (unpaired) electrons. The van der Waals surface area contributed by atoms with Crippen LogP contribution in [0.5, 0.6) is 11.5 Å². The number of carbonyl (C=O) groups excluding carboxylic acids is 2. The van der Waals surface area contributed by atoms with Crippen LogP contribution in [0.1, 0.15) is 15.9 Å². The second kappa shape index (κ2) is 10.4. The van der Waals surface area contributed by atoms with Crippen LogP contribution in [0.4, 0.5) is 5.69 Å². The predicted octanol–water partition coefficient (Wildman–Crippen LogP) is 2.73. The van der Waals surface area contributed by atoms with Crippen molar-refractivity contribution < 1.29 is 32.2 Å². The Morgan fingerprint density at radius 2 is 1.65 bits per heavy atom. The maximum atomic E-state index is 12.6. The third-order valence-corrected chi connectivity index (χ3v) is 6.25. The maximum absolute atomic E-state index is 12.6. The number of nitrogens with one attached hydrogen (secondary N) is 2. The van der Waals surface area contributed by atoms with Crippen molar-refractivity contribution in [1.82, 2.24) is 4.72 Å². The van der Waals surface area contributed by atoms with Crippen LogP contribution in [0.2, 0.25) is 0 Å². The molecule has 0 spiro atoms. The molecule has 3 aromatic carbocycles. The zero-order valence-electron chi connectivity index (χ0n) is 18.0. The van der Waals surface area contributed by atoms with E-state index < -0.39 is 28.5 Å². The summed E-state index contributed by atoms with van der Waals surface area (Å²) in [5, 5.41) is 2.61. The van der Waals surface area contributed by atoms with Crippen LogP contribution in [0.3, 0.4) is 0 Å². The Balaban J connectivity index is 1.33. The van der Waals surface area contributed by atoms with Crippen LogP contribution < -0.4 is 19.5 Å². The van der Waals surface area contributed by atoms with E-state index in [-0.39, 0.29) is 17.0 Å². The number of carbonyl (C=O) groups is 2. The SMILES string of the molecule is O=C(COC(=O)c1cccc(S(=O)(=O)NCc2ccccc2)c1)Nc1ccc2c(c1)OCCO2. The van der Waals surface area contributed by atoms with E-state index in [1.807, 2.05) is 18.2 Å². The van der Waals surface area contributed by atoms with E-state index in [0.717, 1.165) is 5.56 Å². The predicted molar refractivity (Wildman–Crippen MR) is 123 cm³/mol. The zero-order valence-corrected chi connectivity index (χ0v) is 18.8. The molecule has 0 bridgehead atoms. The minimum absolute atomic E-state index is 0.00900. The Hall–Kier alpha value is -3.89. The normalized spacial score (nSPS) is 12.6. The molecule has 10 heteroatoms. The summed E-state index contributed by atoms with van der Waals surface area (Å²) in [6, 6.07) is 19.4. The van der Waals surface area contributed by atoms with E-state index in [9.17, 15) is 18.0 Å². The van der Waals surface area contributed by atoms with Gasteiger partial charge in [-0.3, -0.25) is 4.79 Å². The van der Waals surface area contributed by atoms with Crippen LogP contribution in [-0.2, 0) is 26.1 Å². The van der Waals surface area contributed by atoms with Crippen LogP contribution in [0.15, 0.2) is 77.7 Å². The van der Waals surface area contributed by atoms with E-state index in [4.69, 9.17) is 14.2 Å². The van der Waals surface area contributed by atoms with Crippen molar-refractivity contribution in [2.24, 2.45) is 0 Å². The lowest BCUT2D eigenvalue weighted by Crippen LogP contribution is -2.24. The molecule has 1 amide bonds. The lowest BCUT2D eigenvalue weighted by Gasteiger charge is -2.19. The summed E-state index contributed by atoms with van der Waals surface area (Å²) in [5.41, 5.74) is 1.27. The third-order valence-electron chi connectivity index (χ3n) is 4.85. The average Bonchev–Trinajstić information content (AvgIpc) is 2.87. The molecule has 4 rings (SSSR count). The molecule has 0 saturated heterocycles. The number of amides is 1. The summed E-state index contributed by atoms with van der Waals surface area (Å²) in [7, 11) is -3.85. The number of fused-ring (bicyclic) bond motifs is 1. The molecule has 2 N–H and O–H groups in total. The van der Waals surface area contributed by atoms with Crippen molar-refractivity contribution in [3.8, 4) is 11.5 Å². The van der Waals surface area contributed by atoms with E-state index in [2.05, 4.69) is 10.0 Å². The quantitative estimate of drug-likeness (QED) is 0.474. The van der Waals surface area contributed by atoms with Crippen molar-refractivity contribution in [2.45, 2.75) is 11.4 Å². The van der Waals surface area contributed by atoms with Gasteiger partial charge in [0.05, 0.1) is 10.5 Å². The second-order valence-electron chi connectivity index (χ2n) is 7.32. The van der Waals surface area contributed by atoms with E-state index in [0.29, 0.717) is 30.4 Å². The molecule has 3 aromatic rings. The first-order valence-electron chi connectivity index (χ1n) is 10.4. The van der Waals surface area contributed by atoms with Gasteiger partial charge in [0, 0.05) is 18.3 Å². The number of esters is 1. The molecule has 1 heterocycles. The van der Waals surface area contributed by atoms with Gasteiger partial charge < -0.3 is 19.5 Å². The molecular formula is C24H22N2O7S. The first kappa shape index (κ1) is 23.3. The summed E-state index contributed by atoms with van der Waals surface area (Å²) >= 11 is 0. The Morgan fingerprint density at radius 3 is 2.44 bits per heavy atom. The Morgan fingerprint density at radius 1 is 0.882 bits per heavy atom. The molecule has 1 aliphatic rings. The fraction of sp³-hybridized carbons (Fsp3) is 0.167. The van der Waals surface area contributed by atoms with Gasteiger partial charge in [-0.2, -0.15) is 0 Å². The molecular weight excluding hydrogens is 460 g/mol. The molecule has 34 heavy (non-hydrogen) atoms. The molecule has 1 aliphatic heterocycles. The van der Waals surface area contributed by atoms with E-state index in [1.165, 1.54) is 24.3 Å². The maximum Gasteiger partial charge on any atom is 0.338 e. The number of hydrogen-bond acceptors (Lipinski definition) is 7. The summed E-state index contributed by atoms with van der Waals surface area (Å²) in [6.07, 6.45) is 0. The average molecular weight is 483 g/mol. The monoisotopic (exact) mass is 482 g/mol. The third kappa shape index (κ3) is 5.91. The summed E-state index contributed by atoms with van der Waals surface area (Å²) < 4.78 is 43.6. The van der Waals surface area contributed by atoms with Gasteiger partial charge >= 0.3 is 5.97 Å². The van der Waals surface area contributed by atoms with Gasteiger partial charge in [0.25, 0.3) is 5.91 Å². The first-order valence-corrected chi connectivity index (χ1v) is 11.9. The zero-order chi connectivity index (χ0) is 24.0. The van der Waals surface area contributed by atoms with Gasteiger partial charge in [-0.25, -0.2) is 17.9 Å². The number of rotatable bonds is 8. The first-order chi connectivity index (χ1) is 16.4. The Labute approximate surface area is 196 Å². The van der Waals surface area contributed by atoms with Crippen LogP contribution in [-0.4, -0.2) is 40.1 Å². The fourth-order valence-electron chi connectivity index (χ4n) is 3.18. The van der Waals surface area contributed by atoms with E-state index >= 15 is 0 Å². The highest BCUT2D eigenvalue weighted by Gasteiger charge is 2.18. The fourth-order valence-corrected chi connectivity index (χ4v) is 4.24. The number of sulfonamides is 1. The molecule has 0 aliphatic carbocycles. The molecule has 9 nitrogen and oxygen atoms in total. The smallest absolute Gasteiger partial charge is 0.338 e. The second-order valence-corrected chi connectivity index (χ2v) is 9.09. The molecule has 0 atom stereocenters. The van der Waals surface area contributed by atoms with Gasteiger partial charge in [-0.1, -0.05) is 36.4 Å². The highest BCUT2D eigenvalue weighted by Crippen LogP contribution is 2.32. The summed E-state index contributed by atoms with van der Waals surface area (Å²) in [5.74, 6) is -0.278.